The SMILES string of the molecule is O=C1CC2(CCN(C(=O)c3csc4ccccc34)CC2)OCCN1. The fraction of sp³-hybridized carbons (Fsp3) is 0.444. The summed E-state index contributed by atoms with van der Waals surface area (Å²) in [6.45, 7) is 2.39. The summed E-state index contributed by atoms with van der Waals surface area (Å²) in [7, 11) is 0. The Hall–Kier alpha value is -1.92. The van der Waals surface area contributed by atoms with E-state index in [4.69, 9.17) is 4.74 Å². The number of hydrogen-bond donors (Lipinski definition) is 1. The van der Waals surface area contributed by atoms with Gasteiger partial charge in [0.25, 0.3) is 5.91 Å². The molecule has 2 saturated heterocycles. The number of ether oxygens (including phenoxy) is 1. The molecule has 2 amide bonds. The molecule has 0 aliphatic carbocycles. The molecule has 3 heterocycles. The minimum atomic E-state index is -0.395. The molecule has 1 N–H and O–H groups in total. The van der Waals surface area contributed by atoms with Crippen LogP contribution in [0, 0.1) is 0 Å². The number of nitrogens with zero attached hydrogens (tertiary/aromatic N) is 1. The number of fused-ring (bicyclic) bond motifs is 1. The molecule has 1 spiro atoms. The summed E-state index contributed by atoms with van der Waals surface area (Å²) in [5, 5.41) is 5.83. The van der Waals surface area contributed by atoms with Crippen LogP contribution in [0.15, 0.2) is 29.6 Å². The Morgan fingerprint density at radius 1 is 1.25 bits per heavy atom. The van der Waals surface area contributed by atoms with E-state index < -0.39 is 5.60 Å². The van der Waals surface area contributed by atoms with E-state index in [1.807, 2.05) is 34.5 Å². The van der Waals surface area contributed by atoms with Crippen LogP contribution in [0.5, 0.6) is 0 Å². The van der Waals surface area contributed by atoms with Crippen molar-refractivity contribution in [2.45, 2.75) is 24.9 Å². The number of nitrogens with one attached hydrogen (secondary N) is 1. The molecule has 2 aliphatic rings. The predicted molar refractivity (Wildman–Crippen MR) is 93.3 cm³/mol. The van der Waals surface area contributed by atoms with Gasteiger partial charge >= 0.3 is 0 Å². The molecule has 6 heteroatoms. The van der Waals surface area contributed by atoms with Crippen LogP contribution in [0.4, 0.5) is 0 Å². The van der Waals surface area contributed by atoms with Gasteiger partial charge in [0.1, 0.15) is 0 Å². The fourth-order valence-electron chi connectivity index (χ4n) is 3.62. The third-order valence-corrected chi connectivity index (χ3v) is 5.95. The normalized spacial score (nSPS) is 20.8. The standard InChI is InChI=1S/C18H20N2O3S/c21-16-11-18(23-10-7-19-16)5-8-20(9-6-18)17(22)14-12-24-15-4-2-1-3-13(14)15/h1-4,12H,5-11H2,(H,19,21). The summed E-state index contributed by atoms with van der Waals surface area (Å²) in [6.07, 6.45) is 1.83. The zero-order chi connectivity index (χ0) is 16.6. The minimum Gasteiger partial charge on any atom is -0.372 e. The zero-order valence-electron chi connectivity index (χ0n) is 13.4. The number of carbonyl (C=O) groups is 2. The van der Waals surface area contributed by atoms with Crippen LogP contribution in [0.25, 0.3) is 10.1 Å². The van der Waals surface area contributed by atoms with Crippen molar-refractivity contribution in [2.75, 3.05) is 26.2 Å². The first-order valence-electron chi connectivity index (χ1n) is 8.33. The number of carbonyl (C=O) groups excluding carboxylic acids is 2. The Bertz CT molecular complexity index is 777. The first-order chi connectivity index (χ1) is 11.7. The topological polar surface area (TPSA) is 58.6 Å². The van der Waals surface area contributed by atoms with Gasteiger partial charge in [-0.05, 0) is 18.9 Å². The summed E-state index contributed by atoms with van der Waals surface area (Å²) < 4.78 is 7.11. The summed E-state index contributed by atoms with van der Waals surface area (Å²) in [4.78, 5) is 26.6. The van der Waals surface area contributed by atoms with E-state index in [9.17, 15) is 9.59 Å². The van der Waals surface area contributed by atoms with Crippen LogP contribution < -0.4 is 5.32 Å². The fourth-order valence-corrected chi connectivity index (χ4v) is 4.55. The van der Waals surface area contributed by atoms with E-state index in [1.165, 1.54) is 0 Å². The van der Waals surface area contributed by atoms with E-state index in [2.05, 4.69) is 5.32 Å². The van der Waals surface area contributed by atoms with Gasteiger partial charge < -0.3 is 15.0 Å². The minimum absolute atomic E-state index is 0.0519. The van der Waals surface area contributed by atoms with Crippen molar-refractivity contribution >= 4 is 33.2 Å². The molecule has 24 heavy (non-hydrogen) atoms. The Morgan fingerprint density at radius 3 is 2.88 bits per heavy atom. The van der Waals surface area contributed by atoms with Crippen molar-refractivity contribution in [3.8, 4) is 0 Å². The highest BCUT2D eigenvalue weighted by molar-refractivity contribution is 7.17. The Balaban J connectivity index is 1.49. The van der Waals surface area contributed by atoms with E-state index in [1.54, 1.807) is 11.3 Å². The summed E-state index contributed by atoms with van der Waals surface area (Å²) in [5.41, 5.74) is 0.389. The molecule has 0 saturated carbocycles. The first-order valence-corrected chi connectivity index (χ1v) is 9.21. The van der Waals surface area contributed by atoms with E-state index in [-0.39, 0.29) is 11.8 Å². The molecule has 0 unspecified atom stereocenters. The van der Waals surface area contributed by atoms with Crippen LogP contribution >= 0.6 is 11.3 Å². The number of hydrogen-bond acceptors (Lipinski definition) is 4. The maximum atomic E-state index is 12.9. The third-order valence-electron chi connectivity index (χ3n) is 4.99. The maximum absolute atomic E-state index is 12.9. The summed E-state index contributed by atoms with van der Waals surface area (Å²) in [6, 6.07) is 8.00. The van der Waals surface area contributed by atoms with Gasteiger partial charge in [0.2, 0.25) is 5.91 Å². The number of benzene rings is 1. The molecule has 2 aromatic rings. The predicted octanol–water partition coefficient (Wildman–Crippen LogP) is 2.41. The van der Waals surface area contributed by atoms with Crippen molar-refractivity contribution in [1.29, 1.82) is 0 Å². The van der Waals surface area contributed by atoms with Gasteiger partial charge in [-0.3, -0.25) is 9.59 Å². The highest BCUT2D eigenvalue weighted by Gasteiger charge is 2.40. The first kappa shape index (κ1) is 15.6. The Morgan fingerprint density at radius 2 is 2.04 bits per heavy atom. The Kier molecular flexibility index (Phi) is 4.02. The average Bonchev–Trinajstić information content (AvgIpc) is 2.94. The molecule has 0 atom stereocenters. The molecule has 1 aromatic carbocycles. The average molecular weight is 344 g/mol. The molecule has 0 bridgehead atoms. The highest BCUT2D eigenvalue weighted by atomic mass is 32.1. The van der Waals surface area contributed by atoms with Gasteiger partial charge in [-0.2, -0.15) is 0 Å². The molecule has 2 aliphatic heterocycles. The van der Waals surface area contributed by atoms with E-state index in [0.29, 0.717) is 45.5 Å². The lowest BCUT2D eigenvalue weighted by Crippen LogP contribution is -2.48. The second kappa shape index (κ2) is 6.18. The van der Waals surface area contributed by atoms with Gasteiger partial charge in [-0.25, -0.2) is 0 Å². The lowest BCUT2D eigenvalue weighted by Gasteiger charge is -2.40. The molecular weight excluding hydrogens is 324 g/mol. The highest BCUT2D eigenvalue weighted by Crippen LogP contribution is 2.33. The lowest BCUT2D eigenvalue weighted by atomic mass is 9.87. The summed E-state index contributed by atoms with van der Waals surface area (Å²) in [5.74, 6) is 0.136. The second-order valence-electron chi connectivity index (χ2n) is 6.50. The van der Waals surface area contributed by atoms with Crippen molar-refractivity contribution < 1.29 is 14.3 Å². The number of rotatable bonds is 1. The van der Waals surface area contributed by atoms with Gasteiger partial charge in [-0.15, -0.1) is 11.3 Å². The number of amides is 2. The van der Waals surface area contributed by atoms with Crippen LogP contribution in [0.2, 0.25) is 0 Å². The molecule has 4 rings (SSSR count). The smallest absolute Gasteiger partial charge is 0.255 e. The molecule has 5 nitrogen and oxygen atoms in total. The van der Waals surface area contributed by atoms with E-state index >= 15 is 0 Å². The summed E-state index contributed by atoms with van der Waals surface area (Å²) >= 11 is 1.61. The quantitative estimate of drug-likeness (QED) is 0.864. The monoisotopic (exact) mass is 344 g/mol. The van der Waals surface area contributed by atoms with Gasteiger partial charge in [0.05, 0.1) is 24.2 Å². The van der Waals surface area contributed by atoms with Crippen molar-refractivity contribution in [1.82, 2.24) is 10.2 Å². The van der Waals surface area contributed by atoms with Crippen LogP contribution in [0.3, 0.4) is 0 Å². The molecule has 1 aromatic heterocycles. The van der Waals surface area contributed by atoms with Crippen molar-refractivity contribution in [3.05, 3.63) is 35.2 Å². The van der Waals surface area contributed by atoms with Crippen molar-refractivity contribution in [3.63, 3.8) is 0 Å². The van der Waals surface area contributed by atoms with Gasteiger partial charge in [0, 0.05) is 35.1 Å². The number of piperidine rings is 1. The van der Waals surface area contributed by atoms with E-state index in [0.717, 1.165) is 15.6 Å². The van der Waals surface area contributed by atoms with Crippen LogP contribution in [-0.4, -0.2) is 48.6 Å². The maximum Gasteiger partial charge on any atom is 0.255 e. The lowest BCUT2D eigenvalue weighted by molar-refractivity contribution is -0.127. The zero-order valence-corrected chi connectivity index (χ0v) is 14.2. The third kappa shape index (κ3) is 2.80. The Labute approximate surface area is 144 Å². The number of thiophene rings is 1. The van der Waals surface area contributed by atoms with Gasteiger partial charge in [-0.1, -0.05) is 18.2 Å². The van der Waals surface area contributed by atoms with Crippen molar-refractivity contribution in [2.24, 2.45) is 0 Å². The van der Waals surface area contributed by atoms with Crippen LogP contribution in [-0.2, 0) is 9.53 Å². The van der Waals surface area contributed by atoms with Crippen LogP contribution in [0.1, 0.15) is 29.6 Å². The molecular formula is C18H20N2O3S. The van der Waals surface area contributed by atoms with Gasteiger partial charge in [0.15, 0.2) is 0 Å². The second-order valence-corrected chi connectivity index (χ2v) is 7.41. The molecule has 126 valence electrons. The molecule has 2 fully saturated rings. The largest absolute Gasteiger partial charge is 0.372 e. The molecule has 0 radical (unpaired) electrons. The number of likely N-dealkylation sites (tertiary alicyclic amines) is 1.